The van der Waals surface area contributed by atoms with Crippen molar-refractivity contribution in [1.82, 2.24) is 4.90 Å². The summed E-state index contributed by atoms with van der Waals surface area (Å²) in [6, 6.07) is 8.09. The second-order valence-corrected chi connectivity index (χ2v) is 8.73. The van der Waals surface area contributed by atoms with Crippen molar-refractivity contribution in [3.8, 4) is 0 Å². The van der Waals surface area contributed by atoms with Crippen molar-refractivity contribution in [2.45, 2.75) is 46.6 Å². The van der Waals surface area contributed by atoms with Gasteiger partial charge in [0.1, 0.15) is 5.60 Å². The summed E-state index contributed by atoms with van der Waals surface area (Å²) in [5.74, 6) is -0.423. The summed E-state index contributed by atoms with van der Waals surface area (Å²) < 4.78 is 11.7. The smallest absolute Gasteiger partial charge is 0.410 e. The van der Waals surface area contributed by atoms with E-state index in [1.807, 2.05) is 52.8 Å². The highest BCUT2D eigenvalue weighted by Crippen LogP contribution is 2.40. The van der Waals surface area contributed by atoms with Gasteiger partial charge in [0.25, 0.3) is 0 Å². The van der Waals surface area contributed by atoms with E-state index < -0.39 is 17.7 Å². The normalized spacial score (nSPS) is 14.1. The summed E-state index contributed by atoms with van der Waals surface area (Å²) in [7, 11) is 1.36. The van der Waals surface area contributed by atoms with E-state index in [4.69, 9.17) is 9.47 Å². The van der Waals surface area contributed by atoms with Gasteiger partial charge in [0, 0.05) is 27.1 Å². The van der Waals surface area contributed by atoms with E-state index in [0.29, 0.717) is 18.5 Å². The Bertz CT molecular complexity index is 965. The zero-order valence-electron chi connectivity index (χ0n) is 18.7. The molecule has 3 rings (SSSR count). The van der Waals surface area contributed by atoms with Crippen LogP contribution in [0, 0.1) is 0 Å². The van der Waals surface area contributed by atoms with Crippen LogP contribution in [0.2, 0.25) is 0 Å². The van der Waals surface area contributed by atoms with Gasteiger partial charge in [0.15, 0.2) is 0 Å². The van der Waals surface area contributed by atoms with Crippen LogP contribution in [-0.4, -0.2) is 42.8 Å². The molecule has 0 unspecified atom stereocenters. The molecule has 5 nitrogen and oxygen atoms in total. The predicted molar refractivity (Wildman–Crippen MR) is 125 cm³/mol. The van der Waals surface area contributed by atoms with Crippen LogP contribution < -0.4 is 0 Å². The van der Waals surface area contributed by atoms with Crippen LogP contribution in [0.15, 0.2) is 36.4 Å². The summed E-state index contributed by atoms with van der Waals surface area (Å²) in [4.78, 5) is 27.7. The maximum Gasteiger partial charge on any atom is 0.410 e. The van der Waals surface area contributed by atoms with E-state index in [2.05, 4.69) is 18.7 Å². The van der Waals surface area contributed by atoms with E-state index in [1.54, 1.807) is 16.2 Å². The van der Waals surface area contributed by atoms with Crippen LogP contribution in [0.25, 0.3) is 21.7 Å². The first kappa shape index (κ1) is 23.7. The van der Waals surface area contributed by atoms with Crippen molar-refractivity contribution in [2.75, 3.05) is 20.2 Å². The Kier molecular flexibility index (Phi) is 7.84. The number of ether oxygens (including phenoxy) is 2. The molecule has 1 aromatic heterocycles. The van der Waals surface area contributed by atoms with E-state index >= 15 is 0 Å². The zero-order chi connectivity index (χ0) is 22.5. The average Bonchev–Trinajstić information content (AvgIpc) is 3.11. The maximum absolute atomic E-state index is 12.6. The molecule has 1 aliphatic heterocycles. The number of carbonyl (C=O) groups is 2. The summed E-state index contributed by atoms with van der Waals surface area (Å²) >= 11 is 1.64. The highest BCUT2D eigenvalue weighted by molar-refractivity contribution is 7.20. The van der Waals surface area contributed by atoms with Crippen molar-refractivity contribution in [1.29, 1.82) is 0 Å². The number of nitrogens with zero attached hydrogens (tertiary/aromatic N) is 1. The molecule has 0 N–H and O–H groups in total. The van der Waals surface area contributed by atoms with Gasteiger partial charge in [-0.3, -0.25) is 0 Å². The lowest BCUT2D eigenvalue weighted by Gasteiger charge is -2.32. The van der Waals surface area contributed by atoms with E-state index in [0.717, 1.165) is 26.1 Å². The minimum atomic E-state index is -0.591. The van der Waals surface area contributed by atoms with Gasteiger partial charge in [-0.15, -0.1) is 11.3 Å². The van der Waals surface area contributed by atoms with Crippen LogP contribution in [-0.2, 0) is 14.3 Å². The molecule has 0 atom stereocenters. The van der Waals surface area contributed by atoms with Crippen LogP contribution in [0.4, 0.5) is 4.79 Å². The highest BCUT2D eigenvalue weighted by Gasteiger charge is 2.32. The molecule has 1 amide bonds. The van der Waals surface area contributed by atoms with E-state index in [1.165, 1.54) is 7.11 Å². The molecular formula is C24H31NO4S. The first-order chi connectivity index (χ1) is 14.2. The zero-order valence-corrected chi connectivity index (χ0v) is 19.5. The first-order valence-corrected chi connectivity index (χ1v) is 11.0. The highest BCUT2D eigenvalue weighted by atomic mass is 32.1. The number of amides is 1. The van der Waals surface area contributed by atoms with Gasteiger partial charge in [-0.2, -0.15) is 0 Å². The quantitative estimate of drug-likeness (QED) is 0.550. The number of hydrogen-bond donors (Lipinski definition) is 0. The standard InChI is InChI=1S/C22H25NO4S.C2H6/c1-6-17-19(15-9-7-8-10-18(15)28-17)14-11-12-23(13-16(14)20(24)26-5)21(25)27-22(2,3)4;1-2/h6-10H,1,11-13H2,2-5H3;1-2H3. The largest absolute Gasteiger partial charge is 0.466 e. The Balaban J connectivity index is 0.00000155. The van der Waals surface area contributed by atoms with E-state index in [-0.39, 0.29) is 6.54 Å². The monoisotopic (exact) mass is 429 g/mol. The number of benzene rings is 1. The fraction of sp³-hybridized carbons (Fsp3) is 0.417. The van der Waals surface area contributed by atoms with Gasteiger partial charge in [-0.05, 0) is 38.8 Å². The Morgan fingerprint density at radius 2 is 1.87 bits per heavy atom. The summed E-state index contributed by atoms with van der Waals surface area (Å²) in [6.45, 7) is 14.1. The van der Waals surface area contributed by atoms with Crippen molar-refractivity contribution in [3.05, 3.63) is 46.9 Å². The Labute approximate surface area is 183 Å². The van der Waals surface area contributed by atoms with Crippen molar-refractivity contribution in [2.24, 2.45) is 0 Å². The lowest BCUT2D eigenvalue weighted by atomic mass is 9.91. The fourth-order valence-electron chi connectivity index (χ4n) is 3.35. The average molecular weight is 430 g/mol. The molecule has 0 bridgehead atoms. The summed E-state index contributed by atoms with van der Waals surface area (Å²) in [6.07, 6.45) is 1.94. The van der Waals surface area contributed by atoms with Crippen molar-refractivity contribution < 1.29 is 19.1 Å². The van der Waals surface area contributed by atoms with Gasteiger partial charge in [-0.25, -0.2) is 9.59 Å². The fourth-order valence-corrected chi connectivity index (χ4v) is 4.43. The third-order valence-corrected chi connectivity index (χ3v) is 5.70. The molecule has 2 aromatic rings. The first-order valence-electron chi connectivity index (χ1n) is 10.2. The van der Waals surface area contributed by atoms with Crippen LogP contribution in [0.5, 0.6) is 0 Å². The molecule has 1 aliphatic rings. The van der Waals surface area contributed by atoms with Gasteiger partial charge >= 0.3 is 12.1 Å². The van der Waals surface area contributed by atoms with Crippen molar-refractivity contribution >= 4 is 45.1 Å². The minimum absolute atomic E-state index is 0.164. The van der Waals surface area contributed by atoms with Crippen LogP contribution in [0.3, 0.4) is 0 Å². The van der Waals surface area contributed by atoms with Crippen molar-refractivity contribution in [3.63, 3.8) is 0 Å². The van der Waals surface area contributed by atoms with E-state index in [9.17, 15) is 9.59 Å². The van der Waals surface area contributed by atoms with Gasteiger partial charge in [0.2, 0.25) is 0 Å². The molecule has 30 heavy (non-hydrogen) atoms. The molecule has 0 aliphatic carbocycles. The molecular weight excluding hydrogens is 398 g/mol. The molecule has 6 heteroatoms. The molecule has 0 spiro atoms. The topological polar surface area (TPSA) is 55.8 Å². The number of thiophene rings is 1. The Hall–Kier alpha value is -2.60. The number of fused-ring (bicyclic) bond motifs is 1. The molecule has 0 fully saturated rings. The lowest BCUT2D eigenvalue weighted by Crippen LogP contribution is -2.42. The lowest BCUT2D eigenvalue weighted by molar-refractivity contribution is -0.136. The summed E-state index contributed by atoms with van der Waals surface area (Å²) in [5.41, 5.74) is 1.83. The molecule has 2 heterocycles. The number of carbonyl (C=O) groups excluding carboxylic acids is 2. The molecule has 162 valence electrons. The van der Waals surface area contributed by atoms with Crippen LogP contribution in [0.1, 0.15) is 51.5 Å². The number of rotatable bonds is 3. The van der Waals surface area contributed by atoms with Crippen LogP contribution >= 0.6 is 11.3 Å². The Morgan fingerprint density at radius 3 is 2.47 bits per heavy atom. The second kappa shape index (κ2) is 9.94. The number of methoxy groups -OCH3 is 1. The molecule has 0 radical (unpaired) electrons. The minimum Gasteiger partial charge on any atom is -0.466 e. The molecule has 1 aromatic carbocycles. The third-order valence-electron chi connectivity index (χ3n) is 4.54. The summed E-state index contributed by atoms with van der Waals surface area (Å²) in [5, 5.41) is 1.09. The number of hydrogen-bond acceptors (Lipinski definition) is 5. The third kappa shape index (κ3) is 5.11. The molecule has 0 saturated carbocycles. The van der Waals surface area contributed by atoms with Gasteiger partial charge < -0.3 is 14.4 Å². The van der Waals surface area contributed by atoms with Gasteiger partial charge in [0.05, 0.1) is 19.2 Å². The predicted octanol–water partition coefficient (Wildman–Crippen LogP) is 6.14. The van der Waals surface area contributed by atoms with Gasteiger partial charge in [-0.1, -0.05) is 44.7 Å². The second-order valence-electron chi connectivity index (χ2n) is 7.64. The maximum atomic E-state index is 12.6. The number of esters is 1. The SMILES string of the molecule is C=Cc1sc2ccccc2c1C1=C(C(=O)OC)CN(C(=O)OC(C)(C)C)CC1.CC. The molecule has 0 saturated heterocycles. The Morgan fingerprint density at radius 1 is 1.20 bits per heavy atom.